The van der Waals surface area contributed by atoms with Crippen molar-refractivity contribution in [3.63, 3.8) is 0 Å². The van der Waals surface area contributed by atoms with Gasteiger partial charge in [0.05, 0.1) is 0 Å². The van der Waals surface area contributed by atoms with Crippen molar-refractivity contribution in [2.45, 2.75) is 33.0 Å². The molecule has 0 unspecified atom stereocenters. The van der Waals surface area contributed by atoms with Gasteiger partial charge in [-0.1, -0.05) is 23.7 Å². The summed E-state index contributed by atoms with van der Waals surface area (Å²) in [5.41, 5.74) is 1.09. The number of hydrogen-bond donors (Lipinski definition) is 0. The topological polar surface area (TPSA) is 16.1 Å². The second-order valence-electron chi connectivity index (χ2n) is 4.53. The highest BCUT2D eigenvalue weighted by molar-refractivity contribution is 7.09. The smallest absolute Gasteiger partial charge is 0.133 e. The monoisotopic (exact) mass is 280 g/mol. The summed E-state index contributed by atoms with van der Waals surface area (Å²) >= 11 is 7.91. The van der Waals surface area contributed by atoms with Gasteiger partial charge in [0.1, 0.15) is 5.15 Å². The number of aromatic nitrogens is 1. The van der Waals surface area contributed by atoms with Crippen molar-refractivity contribution in [1.82, 2.24) is 9.88 Å². The molecule has 2 heterocycles. The largest absolute Gasteiger partial charge is 0.292 e. The average molecular weight is 281 g/mol. The first-order valence-corrected chi connectivity index (χ1v) is 7.28. The third-order valence-electron chi connectivity index (χ3n) is 2.88. The number of thiophene rings is 1. The van der Waals surface area contributed by atoms with E-state index in [2.05, 4.69) is 41.2 Å². The molecule has 0 fully saturated rings. The highest BCUT2D eigenvalue weighted by Crippen LogP contribution is 2.19. The van der Waals surface area contributed by atoms with E-state index in [1.54, 1.807) is 17.5 Å². The molecule has 0 spiro atoms. The minimum Gasteiger partial charge on any atom is -0.292 e. The van der Waals surface area contributed by atoms with Crippen LogP contribution >= 0.6 is 22.9 Å². The number of pyridine rings is 1. The maximum Gasteiger partial charge on any atom is 0.133 e. The highest BCUT2D eigenvalue weighted by atomic mass is 35.5. The Hall–Kier alpha value is -0.900. The van der Waals surface area contributed by atoms with E-state index in [1.807, 2.05) is 12.1 Å². The molecule has 0 aliphatic rings. The van der Waals surface area contributed by atoms with Gasteiger partial charge >= 0.3 is 0 Å². The van der Waals surface area contributed by atoms with Gasteiger partial charge in [-0.25, -0.2) is 4.98 Å². The van der Waals surface area contributed by atoms with E-state index in [0.717, 1.165) is 18.7 Å². The zero-order valence-corrected chi connectivity index (χ0v) is 12.2. The molecule has 0 amide bonds. The zero-order valence-electron chi connectivity index (χ0n) is 10.6. The van der Waals surface area contributed by atoms with Crippen LogP contribution in [0.4, 0.5) is 0 Å². The minimum atomic E-state index is 0.475. The predicted octanol–water partition coefficient (Wildman–Crippen LogP) is 4.21. The van der Waals surface area contributed by atoms with Crippen LogP contribution in [0.2, 0.25) is 5.15 Å². The lowest BCUT2D eigenvalue weighted by Gasteiger charge is -2.26. The molecule has 0 atom stereocenters. The van der Waals surface area contributed by atoms with Gasteiger partial charge in [-0.15, -0.1) is 11.3 Å². The van der Waals surface area contributed by atoms with Gasteiger partial charge in [0.25, 0.3) is 0 Å². The van der Waals surface area contributed by atoms with Crippen molar-refractivity contribution in [1.29, 1.82) is 0 Å². The summed E-state index contributed by atoms with van der Waals surface area (Å²) < 4.78 is 0. The summed E-state index contributed by atoms with van der Waals surface area (Å²) in [6.45, 7) is 6.21. The normalized spacial score (nSPS) is 11.4. The Bertz CT molecular complexity index is 482. The molecule has 2 nitrogen and oxygen atoms in total. The van der Waals surface area contributed by atoms with E-state index in [1.165, 1.54) is 4.88 Å². The van der Waals surface area contributed by atoms with Crippen molar-refractivity contribution in [3.05, 3.63) is 51.4 Å². The van der Waals surface area contributed by atoms with Gasteiger partial charge in [-0.2, -0.15) is 0 Å². The van der Waals surface area contributed by atoms with E-state index >= 15 is 0 Å². The average Bonchev–Trinajstić information content (AvgIpc) is 2.83. The SMILES string of the molecule is CC(C)N(Cc1cccs1)Cc1cccnc1Cl. The Morgan fingerprint density at radius 3 is 2.72 bits per heavy atom. The lowest BCUT2D eigenvalue weighted by atomic mass is 10.2. The zero-order chi connectivity index (χ0) is 13.0. The van der Waals surface area contributed by atoms with Crippen LogP contribution < -0.4 is 0 Å². The van der Waals surface area contributed by atoms with Gasteiger partial charge in [-0.05, 0) is 31.4 Å². The first-order chi connectivity index (χ1) is 8.66. The summed E-state index contributed by atoms with van der Waals surface area (Å²) in [6.07, 6.45) is 1.73. The van der Waals surface area contributed by atoms with Gasteiger partial charge < -0.3 is 0 Å². The van der Waals surface area contributed by atoms with Gasteiger partial charge in [0.2, 0.25) is 0 Å². The second-order valence-corrected chi connectivity index (χ2v) is 5.92. The minimum absolute atomic E-state index is 0.475. The Balaban J connectivity index is 2.09. The third kappa shape index (κ3) is 3.55. The Morgan fingerprint density at radius 1 is 1.28 bits per heavy atom. The van der Waals surface area contributed by atoms with E-state index in [4.69, 9.17) is 11.6 Å². The second kappa shape index (κ2) is 6.32. The first-order valence-electron chi connectivity index (χ1n) is 6.02. The molecular formula is C14H17ClN2S. The molecule has 4 heteroatoms. The summed E-state index contributed by atoms with van der Waals surface area (Å²) in [7, 11) is 0. The molecule has 0 aliphatic heterocycles. The fraction of sp³-hybridized carbons (Fsp3) is 0.357. The first kappa shape index (κ1) is 13.5. The number of rotatable bonds is 5. The van der Waals surface area contributed by atoms with E-state index < -0.39 is 0 Å². The molecular weight excluding hydrogens is 264 g/mol. The lowest BCUT2D eigenvalue weighted by molar-refractivity contribution is 0.205. The maximum absolute atomic E-state index is 6.12. The summed E-state index contributed by atoms with van der Waals surface area (Å²) in [4.78, 5) is 7.91. The lowest BCUT2D eigenvalue weighted by Crippen LogP contribution is -2.29. The van der Waals surface area contributed by atoms with Gasteiger partial charge in [0, 0.05) is 35.8 Å². The van der Waals surface area contributed by atoms with Crippen LogP contribution in [-0.2, 0) is 13.1 Å². The quantitative estimate of drug-likeness (QED) is 0.763. The molecule has 0 bridgehead atoms. The van der Waals surface area contributed by atoms with Crippen LogP contribution in [0.5, 0.6) is 0 Å². The number of hydrogen-bond acceptors (Lipinski definition) is 3. The molecule has 0 aromatic carbocycles. The highest BCUT2D eigenvalue weighted by Gasteiger charge is 2.13. The van der Waals surface area contributed by atoms with Crippen molar-refractivity contribution in [3.8, 4) is 0 Å². The van der Waals surface area contributed by atoms with Crippen LogP contribution in [0.1, 0.15) is 24.3 Å². The van der Waals surface area contributed by atoms with Crippen LogP contribution in [0, 0.1) is 0 Å². The van der Waals surface area contributed by atoms with Crippen molar-refractivity contribution in [2.24, 2.45) is 0 Å². The van der Waals surface area contributed by atoms with Crippen LogP contribution in [0.3, 0.4) is 0 Å². The fourth-order valence-electron chi connectivity index (χ4n) is 1.78. The standard InChI is InChI=1S/C14H17ClN2S/c1-11(2)17(10-13-6-4-8-18-13)9-12-5-3-7-16-14(12)15/h3-8,11H,9-10H2,1-2H3. The van der Waals surface area contributed by atoms with Crippen LogP contribution in [-0.4, -0.2) is 15.9 Å². The molecule has 2 aromatic rings. The Morgan fingerprint density at radius 2 is 2.11 bits per heavy atom. The van der Waals surface area contributed by atoms with Crippen molar-refractivity contribution >= 4 is 22.9 Å². The molecule has 0 N–H and O–H groups in total. The van der Waals surface area contributed by atoms with Gasteiger partial charge in [0.15, 0.2) is 0 Å². The third-order valence-corrected chi connectivity index (χ3v) is 4.08. The molecule has 0 radical (unpaired) electrons. The van der Waals surface area contributed by atoms with Crippen LogP contribution in [0.15, 0.2) is 35.8 Å². The summed E-state index contributed by atoms with van der Waals surface area (Å²) in [5, 5.41) is 2.72. The molecule has 0 aliphatic carbocycles. The molecule has 18 heavy (non-hydrogen) atoms. The Labute approximate surface area is 117 Å². The molecule has 0 saturated carbocycles. The molecule has 96 valence electrons. The fourth-order valence-corrected chi connectivity index (χ4v) is 2.69. The van der Waals surface area contributed by atoms with Crippen LogP contribution in [0.25, 0.3) is 0 Å². The van der Waals surface area contributed by atoms with E-state index in [0.29, 0.717) is 11.2 Å². The maximum atomic E-state index is 6.12. The summed E-state index contributed by atoms with van der Waals surface area (Å²) in [5.74, 6) is 0. The molecule has 2 rings (SSSR count). The van der Waals surface area contributed by atoms with Gasteiger partial charge in [-0.3, -0.25) is 4.90 Å². The Kier molecular flexibility index (Phi) is 4.75. The van der Waals surface area contributed by atoms with Crippen molar-refractivity contribution < 1.29 is 0 Å². The number of nitrogens with zero attached hydrogens (tertiary/aromatic N) is 2. The number of halogens is 1. The predicted molar refractivity (Wildman–Crippen MR) is 77.9 cm³/mol. The molecule has 2 aromatic heterocycles. The van der Waals surface area contributed by atoms with E-state index in [9.17, 15) is 0 Å². The summed E-state index contributed by atoms with van der Waals surface area (Å²) in [6, 6.07) is 8.72. The molecule has 0 saturated heterocycles. The van der Waals surface area contributed by atoms with E-state index in [-0.39, 0.29) is 0 Å². The van der Waals surface area contributed by atoms with Crippen molar-refractivity contribution in [2.75, 3.05) is 0 Å².